The molecule has 1 aliphatic heterocycles. The fourth-order valence-electron chi connectivity index (χ4n) is 4.19. The van der Waals surface area contributed by atoms with E-state index < -0.39 is 0 Å². The Kier molecular flexibility index (Phi) is 3.53. The average Bonchev–Trinajstić information content (AvgIpc) is 3.27. The molecule has 0 radical (unpaired) electrons. The van der Waals surface area contributed by atoms with Gasteiger partial charge in [0.05, 0.1) is 29.8 Å². The number of hydrogen-bond acceptors (Lipinski definition) is 3. The third kappa shape index (κ3) is 2.15. The van der Waals surface area contributed by atoms with Crippen LogP contribution in [0.25, 0.3) is 11.0 Å². The SMILES string of the molecule is C[C@H]1N(C(C)(C)c2nc3ccccc3n2C)C=C[N+]1(C)c1occ[n+]1C. The zero-order valence-corrected chi connectivity index (χ0v) is 16.3. The van der Waals surface area contributed by atoms with E-state index in [0.717, 1.165) is 22.9 Å². The average molecular weight is 353 g/mol. The number of rotatable bonds is 3. The van der Waals surface area contributed by atoms with Gasteiger partial charge in [-0.1, -0.05) is 12.1 Å². The Labute approximate surface area is 154 Å². The molecule has 0 bridgehead atoms. The molecule has 0 N–H and O–H groups in total. The Balaban J connectivity index is 1.76. The first-order valence-electron chi connectivity index (χ1n) is 8.96. The van der Waals surface area contributed by atoms with Gasteiger partial charge in [-0.3, -0.25) is 0 Å². The third-order valence-corrected chi connectivity index (χ3v) is 5.87. The Morgan fingerprint density at radius 3 is 2.65 bits per heavy atom. The molecule has 2 aromatic heterocycles. The maximum absolute atomic E-state index is 5.80. The van der Waals surface area contributed by atoms with Gasteiger partial charge >= 0.3 is 6.01 Å². The van der Waals surface area contributed by atoms with E-state index in [-0.39, 0.29) is 11.7 Å². The monoisotopic (exact) mass is 353 g/mol. The standard InChI is InChI=1S/C20H27N5O/c1-15-24(11-13-25(15,6)19-22(4)12-14-26-19)20(2,3)18-21-16-9-7-8-10-17(16)23(18)5/h7-15H,1-6H3/q+2/t15-,25?/m0/s1. The minimum Gasteiger partial charge on any atom is -0.362 e. The summed E-state index contributed by atoms with van der Waals surface area (Å²) in [4.78, 5) is 7.31. The lowest BCUT2D eigenvalue weighted by atomic mass is 10.0. The molecule has 3 aromatic rings. The van der Waals surface area contributed by atoms with Crippen molar-refractivity contribution in [3.63, 3.8) is 0 Å². The molecule has 4 rings (SSSR count). The van der Waals surface area contributed by atoms with Crippen molar-refractivity contribution in [1.29, 1.82) is 0 Å². The Hall–Kier alpha value is -2.60. The predicted molar refractivity (Wildman–Crippen MR) is 102 cm³/mol. The predicted octanol–water partition coefficient (Wildman–Crippen LogP) is 3.00. The Morgan fingerprint density at radius 2 is 2.00 bits per heavy atom. The van der Waals surface area contributed by atoms with Gasteiger partial charge in [0.15, 0.2) is 12.4 Å². The van der Waals surface area contributed by atoms with E-state index in [9.17, 15) is 0 Å². The normalized spacial score (nSPS) is 23.3. The van der Waals surface area contributed by atoms with Crippen molar-refractivity contribution in [2.45, 2.75) is 32.5 Å². The molecule has 0 aliphatic carbocycles. The summed E-state index contributed by atoms with van der Waals surface area (Å²) in [5.74, 6) is 1.05. The molecule has 3 heterocycles. The summed E-state index contributed by atoms with van der Waals surface area (Å²) in [6, 6.07) is 9.19. The highest BCUT2D eigenvalue weighted by molar-refractivity contribution is 5.76. The van der Waals surface area contributed by atoms with Crippen LogP contribution >= 0.6 is 0 Å². The third-order valence-electron chi connectivity index (χ3n) is 5.87. The minimum absolute atomic E-state index is 0.169. The minimum atomic E-state index is -0.273. The van der Waals surface area contributed by atoms with Gasteiger partial charge in [0.2, 0.25) is 6.20 Å². The highest BCUT2D eigenvalue weighted by Crippen LogP contribution is 2.38. The van der Waals surface area contributed by atoms with Crippen molar-refractivity contribution in [1.82, 2.24) is 18.9 Å². The van der Waals surface area contributed by atoms with Crippen molar-refractivity contribution >= 4 is 17.0 Å². The van der Waals surface area contributed by atoms with Gasteiger partial charge in [0.1, 0.15) is 19.1 Å². The first-order chi connectivity index (χ1) is 12.3. The molecule has 2 atom stereocenters. The summed E-state index contributed by atoms with van der Waals surface area (Å²) in [6.07, 6.45) is 8.21. The zero-order valence-electron chi connectivity index (χ0n) is 16.3. The van der Waals surface area contributed by atoms with Crippen LogP contribution in [-0.4, -0.2) is 27.7 Å². The van der Waals surface area contributed by atoms with Crippen LogP contribution in [0.2, 0.25) is 0 Å². The van der Waals surface area contributed by atoms with Gasteiger partial charge in [-0.25, -0.2) is 4.98 Å². The highest BCUT2D eigenvalue weighted by atomic mass is 16.4. The second kappa shape index (κ2) is 5.45. The molecule has 136 valence electrons. The van der Waals surface area contributed by atoms with E-state index in [1.807, 2.05) is 23.9 Å². The number of oxazole rings is 1. The maximum atomic E-state index is 5.80. The van der Waals surface area contributed by atoms with Crippen molar-refractivity contribution in [3.8, 4) is 0 Å². The van der Waals surface area contributed by atoms with Crippen LogP contribution in [0.3, 0.4) is 0 Å². The van der Waals surface area contributed by atoms with Gasteiger partial charge in [-0.05, 0) is 26.0 Å². The van der Waals surface area contributed by atoms with E-state index in [1.54, 1.807) is 6.26 Å². The van der Waals surface area contributed by atoms with Crippen LogP contribution in [-0.2, 0) is 19.6 Å². The number of imidazole rings is 1. The number of benzene rings is 1. The quantitative estimate of drug-likeness (QED) is 0.537. The van der Waals surface area contributed by atoms with Crippen molar-refractivity contribution in [2.24, 2.45) is 14.1 Å². The molecular formula is C20H27N5O+2. The lowest BCUT2D eigenvalue weighted by Gasteiger charge is -2.39. The molecule has 6 nitrogen and oxygen atoms in total. The molecule has 0 saturated heterocycles. The Morgan fingerprint density at radius 1 is 1.27 bits per heavy atom. The second-order valence-corrected chi connectivity index (χ2v) is 7.82. The largest absolute Gasteiger partial charge is 0.562 e. The van der Waals surface area contributed by atoms with E-state index in [1.165, 1.54) is 0 Å². The summed E-state index contributed by atoms with van der Waals surface area (Å²) < 4.78 is 10.6. The molecule has 26 heavy (non-hydrogen) atoms. The fourth-order valence-corrected chi connectivity index (χ4v) is 4.19. The molecule has 1 aliphatic rings. The molecule has 0 saturated carbocycles. The van der Waals surface area contributed by atoms with Crippen molar-refractivity contribution < 1.29 is 8.98 Å². The number of para-hydroxylation sites is 2. The first-order valence-corrected chi connectivity index (χ1v) is 8.96. The molecule has 6 heteroatoms. The van der Waals surface area contributed by atoms with Crippen molar-refractivity contribution in [3.05, 3.63) is 54.9 Å². The second-order valence-electron chi connectivity index (χ2n) is 7.82. The number of aryl methyl sites for hydroxylation is 2. The van der Waals surface area contributed by atoms with Gasteiger partial charge in [-0.2, -0.15) is 4.48 Å². The number of nitrogens with zero attached hydrogens (tertiary/aromatic N) is 5. The van der Waals surface area contributed by atoms with Crippen LogP contribution < -0.4 is 9.05 Å². The fraction of sp³-hybridized carbons (Fsp3) is 0.400. The molecular weight excluding hydrogens is 326 g/mol. The van der Waals surface area contributed by atoms with E-state index >= 15 is 0 Å². The molecule has 1 unspecified atom stereocenters. The lowest BCUT2D eigenvalue weighted by molar-refractivity contribution is -0.667. The summed E-state index contributed by atoms with van der Waals surface area (Å²) in [7, 11) is 6.28. The summed E-state index contributed by atoms with van der Waals surface area (Å²) >= 11 is 0. The van der Waals surface area contributed by atoms with Crippen LogP contribution in [0.5, 0.6) is 0 Å². The number of quaternary nitrogens is 1. The van der Waals surface area contributed by atoms with E-state index in [2.05, 4.69) is 74.9 Å². The zero-order chi connectivity index (χ0) is 18.7. The molecule has 0 amide bonds. The van der Waals surface area contributed by atoms with Gasteiger partial charge in [0.25, 0.3) is 0 Å². The lowest BCUT2D eigenvalue weighted by Crippen LogP contribution is -2.58. The number of aromatic nitrogens is 3. The van der Waals surface area contributed by atoms with Crippen LogP contribution in [0.1, 0.15) is 26.6 Å². The van der Waals surface area contributed by atoms with Crippen LogP contribution in [0.4, 0.5) is 6.01 Å². The summed E-state index contributed by atoms with van der Waals surface area (Å²) in [5, 5.41) is 0. The summed E-state index contributed by atoms with van der Waals surface area (Å²) in [6.45, 7) is 6.69. The van der Waals surface area contributed by atoms with Gasteiger partial charge < -0.3 is 13.9 Å². The molecule has 0 fully saturated rings. The van der Waals surface area contributed by atoms with E-state index in [4.69, 9.17) is 9.40 Å². The smallest absolute Gasteiger partial charge is 0.362 e. The van der Waals surface area contributed by atoms with Gasteiger partial charge in [-0.15, -0.1) is 4.57 Å². The molecule has 0 spiro atoms. The number of fused-ring (bicyclic) bond motifs is 1. The Bertz CT molecular complexity index is 999. The van der Waals surface area contributed by atoms with Crippen molar-refractivity contribution in [2.75, 3.05) is 7.05 Å². The van der Waals surface area contributed by atoms with E-state index in [0.29, 0.717) is 4.48 Å². The summed E-state index contributed by atoms with van der Waals surface area (Å²) in [5.41, 5.74) is 1.91. The molecule has 1 aromatic carbocycles. The van der Waals surface area contributed by atoms with Crippen LogP contribution in [0.15, 0.2) is 53.5 Å². The first kappa shape index (κ1) is 16.8. The maximum Gasteiger partial charge on any atom is 0.562 e. The van der Waals surface area contributed by atoms with Gasteiger partial charge in [0, 0.05) is 14.0 Å². The van der Waals surface area contributed by atoms with Crippen LogP contribution in [0, 0.1) is 0 Å². The highest BCUT2D eigenvalue weighted by Gasteiger charge is 2.51. The number of hydrogen-bond donors (Lipinski definition) is 0. The topological polar surface area (TPSA) is 38.1 Å².